The Morgan fingerprint density at radius 3 is 2.52 bits per heavy atom. The Bertz CT molecular complexity index is 803. The average molecular weight is 353 g/mol. The topological polar surface area (TPSA) is 75.6 Å². The number of aryl methyl sites for hydroxylation is 1. The highest BCUT2D eigenvalue weighted by atomic mass is 19.4. The number of anilines is 1. The van der Waals surface area contributed by atoms with Crippen LogP contribution in [0.2, 0.25) is 0 Å². The number of nitrogens with one attached hydrogen (secondary N) is 1. The molecule has 132 valence electrons. The zero-order valence-electron chi connectivity index (χ0n) is 13.1. The summed E-state index contributed by atoms with van der Waals surface area (Å²) >= 11 is 0. The number of phenolic OH excluding ortho intramolecular Hbond substituents is 1. The van der Waals surface area contributed by atoms with Crippen molar-refractivity contribution in [1.29, 1.82) is 0 Å². The van der Waals surface area contributed by atoms with E-state index >= 15 is 0 Å². The minimum atomic E-state index is -4.53. The fraction of sp³-hybridized carbons (Fsp3) is 0.176. The van der Waals surface area contributed by atoms with Crippen LogP contribution in [0.15, 0.2) is 42.5 Å². The number of benzene rings is 2. The van der Waals surface area contributed by atoms with Gasteiger partial charge in [-0.25, -0.2) is 4.79 Å². The van der Waals surface area contributed by atoms with Crippen LogP contribution in [0.4, 0.5) is 18.9 Å². The SMILES string of the molecule is Cc1ccc(C(=O)OCC(=O)Nc2cccc(C(F)(F)F)c2)c(O)c1. The Hall–Kier alpha value is -3.03. The molecule has 0 saturated carbocycles. The summed E-state index contributed by atoms with van der Waals surface area (Å²) in [5.74, 6) is -2.01. The molecular formula is C17H14F3NO4. The predicted molar refractivity (Wildman–Crippen MR) is 83.2 cm³/mol. The molecule has 0 aliphatic heterocycles. The maximum absolute atomic E-state index is 12.6. The fourth-order valence-corrected chi connectivity index (χ4v) is 1.99. The van der Waals surface area contributed by atoms with Crippen LogP contribution in [-0.4, -0.2) is 23.6 Å². The van der Waals surface area contributed by atoms with Crippen molar-refractivity contribution in [2.45, 2.75) is 13.1 Å². The van der Waals surface area contributed by atoms with Gasteiger partial charge in [0.2, 0.25) is 0 Å². The Kier molecular flexibility index (Phi) is 5.31. The van der Waals surface area contributed by atoms with E-state index in [2.05, 4.69) is 5.32 Å². The number of ether oxygens (including phenoxy) is 1. The molecule has 0 aromatic heterocycles. The molecule has 0 saturated heterocycles. The quantitative estimate of drug-likeness (QED) is 0.825. The van der Waals surface area contributed by atoms with Crippen molar-refractivity contribution in [3.8, 4) is 5.75 Å². The number of alkyl halides is 3. The molecule has 0 bridgehead atoms. The second-order valence-electron chi connectivity index (χ2n) is 5.22. The third kappa shape index (κ3) is 4.97. The van der Waals surface area contributed by atoms with Crippen molar-refractivity contribution in [2.75, 3.05) is 11.9 Å². The Balaban J connectivity index is 1.96. The molecule has 2 N–H and O–H groups in total. The summed E-state index contributed by atoms with van der Waals surface area (Å²) in [5, 5.41) is 11.9. The van der Waals surface area contributed by atoms with Gasteiger partial charge in [0.05, 0.1) is 5.56 Å². The highest BCUT2D eigenvalue weighted by molar-refractivity contribution is 5.96. The van der Waals surface area contributed by atoms with Gasteiger partial charge >= 0.3 is 12.1 Å². The lowest BCUT2D eigenvalue weighted by Gasteiger charge is -2.10. The van der Waals surface area contributed by atoms with Gasteiger partial charge in [-0.2, -0.15) is 13.2 Å². The number of rotatable bonds is 4. The number of aromatic hydroxyl groups is 1. The first-order valence-electron chi connectivity index (χ1n) is 7.10. The van der Waals surface area contributed by atoms with Crippen LogP contribution in [0, 0.1) is 6.92 Å². The molecule has 0 aliphatic carbocycles. The third-order valence-electron chi connectivity index (χ3n) is 3.18. The van der Waals surface area contributed by atoms with Crippen LogP contribution in [0.25, 0.3) is 0 Å². The van der Waals surface area contributed by atoms with E-state index in [4.69, 9.17) is 4.74 Å². The normalized spacial score (nSPS) is 11.0. The molecule has 0 heterocycles. The van der Waals surface area contributed by atoms with Gasteiger partial charge in [-0.1, -0.05) is 12.1 Å². The summed E-state index contributed by atoms with van der Waals surface area (Å²) in [6.45, 7) is 1.01. The predicted octanol–water partition coefficient (Wildman–Crippen LogP) is 3.51. The highest BCUT2D eigenvalue weighted by Gasteiger charge is 2.30. The minimum Gasteiger partial charge on any atom is -0.507 e. The van der Waals surface area contributed by atoms with Crippen LogP contribution in [0.5, 0.6) is 5.75 Å². The highest BCUT2D eigenvalue weighted by Crippen LogP contribution is 2.30. The minimum absolute atomic E-state index is 0.0749. The Morgan fingerprint density at radius 2 is 1.88 bits per heavy atom. The molecule has 0 aliphatic rings. The lowest BCUT2D eigenvalue weighted by atomic mass is 10.1. The molecule has 25 heavy (non-hydrogen) atoms. The van der Waals surface area contributed by atoms with Gasteiger partial charge in [0.1, 0.15) is 11.3 Å². The van der Waals surface area contributed by atoms with Crippen molar-refractivity contribution >= 4 is 17.6 Å². The second-order valence-corrected chi connectivity index (χ2v) is 5.22. The molecule has 0 unspecified atom stereocenters. The molecule has 0 atom stereocenters. The van der Waals surface area contributed by atoms with E-state index in [1.54, 1.807) is 13.0 Å². The summed E-state index contributed by atoms with van der Waals surface area (Å²) in [4.78, 5) is 23.5. The monoisotopic (exact) mass is 353 g/mol. The summed E-state index contributed by atoms with van der Waals surface area (Å²) < 4.78 is 42.6. The summed E-state index contributed by atoms with van der Waals surface area (Å²) in [7, 11) is 0. The molecule has 8 heteroatoms. The third-order valence-corrected chi connectivity index (χ3v) is 3.18. The van der Waals surface area contributed by atoms with E-state index in [0.29, 0.717) is 0 Å². The van der Waals surface area contributed by atoms with Gasteiger partial charge < -0.3 is 15.2 Å². The summed E-state index contributed by atoms with van der Waals surface area (Å²) in [5.41, 5.74) is -0.366. The number of esters is 1. The van der Waals surface area contributed by atoms with Crippen LogP contribution in [0.3, 0.4) is 0 Å². The Labute approximate surface area is 141 Å². The van der Waals surface area contributed by atoms with Crippen molar-refractivity contribution < 1.29 is 32.6 Å². The average Bonchev–Trinajstić information content (AvgIpc) is 2.52. The number of hydrogen-bond donors (Lipinski definition) is 2. The van der Waals surface area contributed by atoms with E-state index in [0.717, 1.165) is 23.8 Å². The van der Waals surface area contributed by atoms with Crippen LogP contribution in [-0.2, 0) is 15.7 Å². The van der Waals surface area contributed by atoms with Gasteiger partial charge in [0.15, 0.2) is 6.61 Å². The molecule has 1 amide bonds. The molecule has 0 fully saturated rings. The van der Waals surface area contributed by atoms with E-state index < -0.39 is 30.2 Å². The lowest BCUT2D eigenvalue weighted by molar-refractivity contribution is -0.137. The van der Waals surface area contributed by atoms with Crippen molar-refractivity contribution in [2.24, 2.45) is 0 Å². The van der Waals surface area contributed by atoms with Gasteiger partial charge in [-0.15, -0.1) is 0 Å². The molecule has 0 spiro atoms. The zero-order valence-corrected chi connectivity index (χ0v) is 13.1. The first-order chi connectivity index (χ1) is 11.7. The van der Waals surface area contributed by atoms with Gasteiger partial charge in [-0.3, -0.25) is 4.79 Å². The van der Waals surface area contributed by atoms with E-state index in [1.165, 1.54) is 18.2 Å². The number of carbonyl (C=O) groups excluding carboxylic acids is 2. The number of amides is 1. The fourth-order valence-electron chi connectivity index (χ4n) is 1.99. The number of phenols is 1. The number of hydrogen-bond acceptors (Lipinski definition) is 4. The van der Waals surface area contributed by atoms with Gasteiger partial charge in [0, 0.05) is 5.69 Å². The number of halogens is 3. The molecule has 2 aromatic rings. The van der Waals surface area contributed by atoms with Gasteiger partial charge in [-0.05, 0) is 42.8 Å². The molecule has 2 rings (SSSR count). The Morgan fingerprint density at radius 1 is 1.16 bits per heavy atom. The van der Waals surface area contributed by atoms with Gasteiger partial charge in [0.25, 0.3) is 5.91 Å². The maximum Gasteiger partial charge on any atom is 0.416 e. The van der Waals surface area contributed by atoms with Crippen molar-refractivity contribution in [3.63, 3.8) is 0 Å². The van der Waals surface area contributed by atoms with E-state index in [9.17, 15) is 27.9 Å². The smallest absolute Gasteiger partial charge is 0.416 e. The van der Waals surface area contributed by atoms with E-state index in [-0.39, 0.29) is 17.0 Å². The first kappa shape index (κ1) is 18.3. The maximum atomic E-state index is 12.6. The van der Waals surface area contributed by atoms with Crippen molar-refractivity contribution in [3.05, 3.63) is 59.2 Å². The van der Waals surface area contributed by atoms with Crippen molar-refractivity contribution in [1.82, 2.24) is 0 Å². The van der Waals surface area contributed by atoms with Crippen LogP contribution >= 0.6 is 0 Å². The largest absolute Gasteiger partial charge is 0.507 e. The molecule has 5 nitrogen and oxygen atoms in total. The second kappa shape index (κ2) is 7.25. The standard InChI is InChI=1S/C17H14F3NO4/c1-10-5-6-13(14(22)7-10)16(24)25-9-15(23)21-12-4-2-3-11(8-12)17(18,19)20/h2-8,22H,9H2,1H3,(H,21,23). The summed E-state index contributed by atoms with van der Waals surface area (Å²) in [6, 6.07) is 8.35. The first-order valence-corrected chi connectivity index (χ1v) is 7.10. The van der Waals surface area contributed by atoms with E-state index in [1.807, 2.05) is 0 Å². The zero-order chi connectivity index (χ0) is 18.6. The lowest BCUT2D eigenvalue weighted by Crippen LogP contribution is -2.21. The van der Waals surface area contributed by atoms with Crippen LogP contribution < -0.4 is 5.32 Å². The molecule has 2 aromatic carbocycles. The van der Waals surface area contributed by atoms with Crippen LogP contribution in [0.1, 0.15) is 21.5 Å². The molecule has 0 radical (unpaired) electrons. The molecular weight excluding hydrogens is 339 g/mol. The number of carbonyl (C=O) groups is 2. The summed E-state index contributed by atoms with van der Waals surface area (Å²) in [6.07, 6.45) is -4.53.